The second-order valence-corrected chi connectivity index (χ2v) is 6.92. The third-order valence-corrected chi connectivity index (χ3v) is 4.61. The Balaban J connectivity index is 1.82. The average Bonchev–Trinajstić information content (AvgIpc) is 2.56. The number of carbonyl (C=O) groups excluding carboxylic acids is 2. The molecule has 2 unspecified atom stereocenters. The molecule has 25 heavy (non-hydrogen) atoms. The number of hydrogen-bond donors (Lipinski definition) is 0. The number of carbonyl (C=O) groups is 2. The van der Waals surface area contributed by atoms with Crippen LogP contribution in [0.4, 0.5) is 11.4 Å². The highest BCUT2D eigenvalue weighted by molar-refractivity contribution is 6.02. The number of benzene rings is 1. The molecule has 0 spiro atoms. The molecular formula is C17H21N3O5. The molecule has 1 saturated heterocycles. The summed E-state index contributed by atoms with van der Waals surface area (Å²) in [5, 5.41) is 11.0. The summed E-state index contributed by atoms with van der Waals surface area (Å²) >= 11 is 0. The summed E-state index contributed by atoms with van der Waals surface area (Å²) in [4.78, 5) is 38.5. The fraction of sp³-hybridized carbons (Fsp3) is 0.529. The highest BCUT2D eigenvalue weighted by Crippen LogP contribution is 2.35. The molecule has 2 amide bonds. The minimum absolute atomic E-state index is 0.129. The summed E-state index contributed by atoms with van der Waals surface area (Å²) in [5.74, 6) is 0.687. The monoisotopic (exact) mass is 347 g/mol. The van der Waals surface area contributed by atoms with Crippen molar-refractivity contribution in [3.63, 3.8) is 0 Å². The molecule has 2 aliphatic rings. The first kappa shape index (κ1) is 17.2. The third kappa shape index (κ3) is 3.57. The number of fused-ring (bicyclic) bond motifs is 1. The van der Waals surface area contributed by atoms with Crippen molar-refractivity contribution in [3.8, 4) is 5.75 Å². The topological polar surface area (TPSA) is 93.0 Å². The smallest absolute Gasteiger partial charge is 0.271 e. The lowest BCUT2D eigenvalue weighted by Crippen LogP contribution is -2.50. The van der Waals surface area contributed by atoms with Gasteiger partial charge in [0.05, 0.1) is 10.6 Å². The number of amides is 2. The Morgan fingerprint density at radius 1 is 1.32 bits per heavy atom. The lowest BCUT2D eigenvalue weighted by Gasteiger charge is -2.37. The quantitative estimate of drug-likeness (QED) is 0.614. The van der Waals surface area contributed by atoms with Crippen LogP contribution in [0.1, 0.15) is 20.3 Å². The van der Waals surface area contributed by atoms with Crippen LogP contribution in [0.2, 0.25) is 0 Å². The highest BCUT2D eigenvalue weighted by Gasteiger charge is 2.32. The maximum atomic E-state index is 12.7. The first-order chi connectivity index (χ1) is 11.8. The third-order valence-electron chi connectivity index (χ3n) is 4.61. The number of rotatable bonds is 3. The van der Waals surface area contributed by atoms with Crippen LogP contribution in [0.3, 0.4) is 0 Å². The van der Waals surface area contributed by atoms with E-state index in [9.17, 15) is 19.7 Å². The van der Waals surface area contributed by atoms with E-state index in [-0.39, 0.29) is 36.3 Å². The van der Waals surface area contributed by atoms with Crippen LogP contribution in [0, 0.1) is 22.0 Å². The largest absolute Gasteiger partial charge is 0.482 e. The Hall–Kier alpha value is -2.64. The molecule has 0 aromatic heterocycles. The molecule has 134 valence electrons. The van der Waals surface area contributed by atoms with Gasteiger partial charge in [0.1, 0.15) is 12.3 Å². The van der Waals surface area contributed by atoms with E-state index < -0.39 is 4.92 Å². The van der Waals surface area contributed by atoms with Crippen LogP contribution in [0.15, 0.2) is 18.2 Å². The number of nitro groups is 1. The Kier molecular flexibility index (Phi) is 4.61. The Bertz CT molecular complexity index is 710. The van der Waals surface area contributed by atoms with Crippen molar-refractivity contribution in [2.24, 2.45) is 11.8 Å². The van der Waals surface area contributed by atoms with Gasteiger partial charge in [-0.05, 0) is 24.3 Å². The zero-order valence-electron chi connectivity index (χ0n) is 14.3. The number of hydrogen-bond acceptors (Lipinski definition) is 5. The van der Waals surface area contributed by atoms with E-state index in [1.165, 1.54) is 23.1 Å². The van der Waals surface area contributed by atoms with Gasteiger partial charge in [-0.15, -0.1) is 0 Å². The molecular weight excluding hydrogens is 326 g/mol. The van der Waals surface area contributed by atoms with Gasteiger partial charge in [0, 0.05) is 25.2 Å². The fourth-order valence-corrected chi connectivity index (χ4v) is 3.58. The van der Waals surface area contributed by atoms with E-state index in [0.717, 1.165) is 6.42 Å². The predicted octanol–water partition coefficient (Wildman–Crippen LogP) is 1.82. The summed E-state index contributed by atoms with van der Waals surface area (Å²) in [5.41, 5.74) is 0.131. The minimum Gasteiger partial charge on any atom is -0.482 e. The number of non-ortho nitro benzene ring substituents is 1. The van der Waals surface area contributed by atoms with Crippen molar-refractivity contribution in [2.45, 2.75) is 20.3 Å². The van der Waals surface area contributed by atoms with Crippen molar-refractivity contribution in [3.05, 3.63) is 28.3 Å². The normalized spacial score (nSPS) is 23.0. The number of nitrogens with zero attached hydrogens (tertiary/aromatic N) is 3. The van der Waals surface area contributed by atoms with Crippen LogP contribution in [0.5, 0.6) is 5.75 Å². The highest BCUT2D eigenvalue weighted by atomic mass is 16.6. The molecule has 0 N–H and O–H groups in total. The maximum absolute atomic E-state index is 12.7. The molecule has 8 heteroatoms. The Morgan fingerprint density at radius 3 is 2.64 bits per heavy atom. The zero-order chi connectivity index (χ0) is 18.1. The number of anilines is 1. The maximum Gasteiger partial charge on any atom is 0.271 e. The van der Waals surface area contributed by atoms with Gasteiger partial charge in [0.25, 0.3) is 11.6 Å². The molecule has 0 aliphatic carbocycles. The summed E-state index contributed by atoms with van der Waals surface area (Å²) < 4.78 is 5.32. The minimum atomic E-state index is -0.534. The second-order valence-electron chi connectivity index (χ2n) is 6.92. The molecule has 0 saturated carbocycles. The van der Waals surface area contributed by atoms with Gasteiger partial charge in [-0.25, -0.2) is 0 Å². The summed E-state index contributed by atoms with van der Waals surface area (Å²) in [7, 11) is 0. The lowest BCUT2D eigenvalue weighted by atomic mass is 9.92. The SMILES string of the molecule is CC1CC(C)CN(C(=O)CN2C(=O)COc3ccc([N+](=O)[O-])cc32)C1. The summed E-state index contributed by atoms with van der Waals surface area (Å²) in [6, 6.07) is 4.06. The van der Waals surface area contributed by atoms with Crippen molar-refractivity contribution in [2.75, 3.05) is 31.1 Å². The molecule has 2 aliphatic heterocycles. The van der Waals surface area contributed by atoms with Crippen LogP contribution in [0.25, 0.3) is 0 Å². The van der Waals surface area contributed by atoms with E-state index >= 15 is 0 Å². The van der Waals surface area contributed by atoms with Crippen molar-refractivity contribution >= 4 is 23.2 Å². The molecule has 0 bridgehead atoms. The average molecular weight is 347 g/mol. The first-order valence-electron chi connectivity index (χ1n) is 8.34. The number of nitro benzene ring substituents is 1. The fourth-order valence-electron chi connectivity index (χ4n) is 3.58. The number of ether oxygens (including phenoxy) is 1. The van der Waals surface area contributed by atoms with E-state index in [4.69, 9.17) is 4.74 Å². The van der Waals surface area contributed by atoms with Gasteiger partial charge in [-0.2, -0.15) is 0 Å². The Labute approximate surface area is 145 Å². The van der Waals surface area contributed by atoms with E-state index in [0.29, 0.717) is 30.7 Å². The molecule has 1 aromatic carbocycles. The van der Waals surface area contributed by atoms with Gasteiger partial charge < -0.3 is 9.64 Å². The van der Waals surface area contributed by atoms with Crippen LogP contribution >= 0.6 is 0 Å². The van der Waals surface area contributed by atoms with Gasteiger partial charge in [-0.3, -0.25) is 24.6 Å². The second kappa shape index (κ2) is 6.70. The van der Waals surface area contributed by atoms with Crippen molar-refractivity contribution in [1.82, 2.24) is 4.90 Å². The van der Waals surface area contributed by atoms with E-state index in [1.54, 1.807) is 4.90 Å². The predicted molar refractivity (Wildman–Crippen MR) is 90.5 cm³/mol. The van der Waals surface area contributed by atoms with Crippen LogP contribution < -0.4 is 9.64 Å². The van der Waals surface area contributed by atoms with E-state index in [1.807, 2.05) is 0 Å². The number of likely N-dealkylation sites (tertiary alicyclic amines) is 1. The van der Waals surface area contributed by atoms with Crippen molar-refractivity contribution < 1.29 is 19.2 Å². The molecule has 1 aromatic rings. The molecule has 3 rings (SSSR count). The standard InChI is InChI=1S/C17H21N3O5/c1-11-5-12(2)8-18(7-11)16(21)9-19-14-6-13(20(23)24)3-4-15(14)25-10-17(19)22/h3-4,6,11-12H,5,7-10H2,1-2H3. The van der Waals surface area contributed by atoms with Gasteiger partial charge >= 0.3 is 0 Å². The zero-order valence-corrected chi connectivity index (χ0v) is 14.3. The van der Waals surface area contributed by atoms with Crippen molar-refractivity contribution in [1.29, 1.82) is 0 Å². The van der Waals surface area contributed by atoms with E-state index in [2.05, 4.69) is 13.8 Å². The van der Waals surface area contributed by atoms with Gasteiger partial charge in [0.2, 0.25) is 5.91 Å². The summed E-state index contributed by atoms with van der Waals surface area (Å²) in [6.07, 6.45) is 1.08. The molecule has 2 heterocycles. The number of piperidine rings is 1. The van der Waals surface area contributed by atoms with Crippen LogP contribution in [-0.2, 0) is 9.59 Å². The summed E-state index contributed by atoms with van der Waals surface area (Å²) in [6.45, 7) is 5.25. The Morgan fingerprint density at radius 2 is 2.00 bits per heavy atom. The molecule has 1 fully saturated rings. The van der Waals surface area contributed by atoms with Gasteiger partial charge in [-0.1, -0.05) is 13.8 Å². The molecule has 2 atom stereocenters. The first-order valence-corrected chi connectivity index (χ1v) is 8.34. The van der Waals surface area contributed by atoms with Crippen LogP contribution in [-0.4, -0.2) is 47.9 Å². The molecule has 8 nitrogen and oxygen atoms in total. The molecule has 0 radical (unpaired) electrons. The lowest BCUT2D eigenvalue weighted by molar-refractivity contribution is -0.384. The van der Waals surface area contributed by atoms with Gasteiger partial charge in [0.15, 0.2) is 6.61 Å².